The molecule has 1 aromatic heterocycles. The minimum atomic E-state index is 0.783. The Kier molecular flexibility index (Phi) is 3.03. The number of nitrogens with zero attached hydrogens (tertiary/aromatic N) is 3. The van der Waals surface area contributed by atoms with Crippen LogP contribution in [0.25, 0.3) is 0 Å². The number of hydrogen-bond acceptors (Lipinski definition) is 2. The van der Waals surface area contributed by atoms with Crippen molar-refractivity contribution in [2.24, 2.45) is 7.05 Å². The van der Waals surface area contributed by atoms with Crippen LogP contribution in [0.15, 0.2) is 0 Å². The van der Waals surface area contributed by atoms with E-state index in [1.54, 1.807) is 4.68 Å². The molecule has 0 bridgehead atoms. The summed E-state index contributed by atoms with van der Waals surface area (Å²) in [6.45, 7) is 6.27. The molecule has 1 fully saturated rings. The van der Waals surface area contributed by atoms with Crippen LogP contribution in [-0.2, 0) is 13.6 Å². The first-order chi connectivity index (χ1) is 7.13. The van der Waals surface area contributed by atoms with Crippen molar-refractivity contribution in [2.45, 2.75) is 39.3 Å². The van der Waals surface area contributed by atoms with Gasteiger partial charge in [-0.2, -0.15) is 5.10 Å². The van der Waals surface area contributed by atoms with Crippen molar-refractivity contribution in [2.75, 3.05) is 6.54 Å². The number of rotatable bonds is 4. The second-order valence-electron chi connectivity index (χ2n) is 4.27. The predicted molar refractivity (Wildman–Crippen MR) is 62.1 cm³/mol. The first kappa shape index (κ1) is 11.0. The topological polar surface area (TPSA) is 21.1 Å². The fraction of sp³-hybridized carbons (Fsp3) is 0.727. The first-order valence-corrected chi connectivity index (χ1v) is 5.93. The quantitative estimate of drug-likeness (QED) is 0.788. The van der Waals surface area contributed by atoms with Crippen molar-refractivity contribution in [1.29, 1.82) is 0 Å². The maximum absolute atomic E-state index is 6.21. The molecule has 2 rings (SSSR count). The monoisotopic (exact) mass is 227 g/mol. The van der Waals surface area contributed by atoms with Crippen LogP contribution < -0.4 is 0 Å². The molecule has 3 nitrogen and oxygen atoms in total. The predicted octanol–water partition coefficient (Wildman–Crippen LogP) is 2.37. The van der Waals surface area contributed by atoms with Crippen molar-refractivity contribution in [3.63, 3.8) is 0 Å². The van der Waals surface area contributed by atoms with E-state index in [2.05, 4.69) is 16.9 Å². The minimum Gasteiger partial charge on any atom is -0.296 e. The Morgan fingerprint density at radius 3 is 2.60 bits per heavy atom. The van der Waals surface area contributed by atoms with Crippen LogP contribution in [0.3, 0.4) is 0 Å². The summed E-state index contributed by atoms with van der Waals surface area (Å²) in [7, 11) is 1.90. The molecule has 0 spiro atoms. The van der Waals surface area contributed by atoms with Crippen molar-refractivity contribution in [3.8, 4) is 0 Å². The van der Waals surface area contributed by atoms with Crippen LogP contribution in [0.4, 0.5) is 0 Å². The lowest BCUT2D eigenvalue weighted by Gasteiger charge is -2.19. The summed E-state index contributed by atoms with van der Waals surface area (Å²) in [6.07, 6.45) is 2.68. The third kappa shape index (κ3) is 2.18. The zero-order valence-corrected chi connectivity index (χ0v) is 10.4. The number of aryl methyl sites for hydroxylation is 2. The van der Waals surface area contributed by atoms with E-state index in [-0.39, 0.29) is 0 Å². The van der Waals surface area contributed by atoms with Gasteiger partial charge < -0.3 is 0 Å². The average molecular weight is 228 g/mol. The third-order valence-corrected chi connectivity index (χ3v) is 3.57. The minimum absolute atomic E-state index is 0.783. The van der Waals surface area contributed by atoms with E-state index in [0.29, 0.717) is 0 Å². The molecule has 1 saturated carbocycles. The molecule has 0 unspecified atom stereocenters. The van der Waals surface area contributed by atoms with Crippen LogP contribution in [-0.4, -0.2) is 27.3 Å². The molecule has 0 aliphatic heterocycles. The molecule has 0 N–H and O–H groups in total. The highest BCUT2D eigenvalue weighted by Gasteiger charge is 2.29. The maximum Gasteiger partial charge on any atom is 0.131 e. The smallest absolute Gasteiger partial charge is 0.131 e. The molecule has 0 atom stereocenters. The van der Waals surface area contributed by atoms with Crippen molar-refractivity contribution in [3.05, 3.63) is 16.4 Å². The Bertz CT molecular complexity index is 355. The highest BCUT2D eigenvalue weighted by molar-refractivity contribution is 6.30. The standard InChI is InChI=1S/C11H18ClN3/c1-4-15(9-5-6-9)7-10-8(2)13-14(3)11(10)12/h9H,4-7H2,1-3H3. The Morgan fingerprint density at radius 2 is 2.20 bits per heavy atom. The van der Waals surface area contributed by atoms with Gasteiger partial charge in [0.1, 0.15) is 5.15 Å². The van der Waals surface area contributed by atoms with Gasteiger partial charge in [0, 0.05) is 25.2 Å². The van der Waals surface area contributed by atoms with E-state index in [1.165, 1.54) is 18.4 Å². The lowest BCUT2D eigenvalue weighted by Crippen LogP contribution is -2.25. The fourth-order valence-corrected chi connectivity index (χ4v) is 2.23. The molecule has 1 heterocycles. The first-order valence-electron chi connectivity index (χ1n) is 5.55. The molecule has 0 amide bonds. The number of aromatic nitrogens is 2. The van der Waals surface area contributed by atoms with E-state index in [4.69, 9.17) is 11.6 Å². The molecule has 84 valence electrons. The SMILES string of the molecule is CCN(Cc1c(C)nn(C)c1Cl)C1CC1. The molecular formula is C11H18ClN3. The molecule has 0 aromatic carbocycles. The summed E-state index contributed by atoms with van der Waals surface area (Å²) in [5, 5.41) is 5.12. The van der Waals surface area contributed by atoms with E-state index in [9.17, 15) is 0 Å². The summed E-state index contributed by atoms with van der Waals surface area (Å²) < 4.78 is 1.76. The summed E-state index contributed by atoms with van der Waals surface area (Å²) in [5.74, 6) is 0. The van der Waals surface area contributed by atoms with Crippen LogP contribution in [0.1, 0.15) is 31.0 Å². The highest BCUT2D eigenvalue weighted by Crippen LogP contribution is 2.30. The molecular weight excluding hydrogens is 210 g/mol. The van der Waals surface area contributed by atoms with Crippen molar-refractivity contribution >= 4 is 11.6 Å². The number of hydrogen-bond donors (Lipinski definition) is 0. The van der Waals surface area contributed by atoms with Crippen molar-refractivity contribution in [1.82, 2.24) is 14.7 Å². The second-order valence-corrected chi connectivity index (χ2v) is 4.63. The normalized spacial score (nSPS) is 16.3. The molecule has 1 aliphatic carbocycles. The Balaban J connectivity index is 2.14. The Labute approximate surface area is 96.0 Å². The van der Waals surface area contributed by atoms with Gasteiger partial charge in [-0.05, 0) is 26.3 Å². The van der Waals surface area contributed by atoms with Crippen LogP contribution in [0.2, 0.25) is 5.15 Å². The summed E-state index contributed by atoms with van der Waals surface area (Å²) in [5.41, 5.74) is 2.24. The lowest BCUT2D eigenvalue weighted by atomic mass is 10.2. The van der Waals surface area contributed by atoms with Gasteiger partial charge in [-0.3, -0.25) is 9.58 Å². The van der Waals surface area contributed by atoms with E-state index in [1.807, 2.05) is 14.0 Å². The molecule has 0 radical (unpaired) electrons. The summed E-state index contributed by atoms with van der Waals surface area (Å²) in [6, 6.07) is 0.783. The Hall–Kier alpha value is -0.540. The lowest BCUT2D eigenvalue weighted by molar-refractivity contribution is 0.269. The summed E-state index contributed by atoms with van der Waals surface area (Å²) in [4.78, 5) is 2.48. The highest BCUT2D eigenvalue weighted by atomic mass is 35.5. The van der Waals surface area contributed by atoms with E-state index < -0.39 is 0 Å². The maximum atomic E-state index is 6.21. The van der Waals surface area contributed by atoms with Gasteiger partial charge in [0.15, 0.2) is 0 Å². The van der Waals surface area contributed by atoms with Crippen LogP contribution >= 0.6 is 11.6 Å². The van der Waals surface area contributed by atoms with Gasteiger partial charge in [0.2, 0.25) is 0 Å². The average Bonchev–Trinajstić information content (AvgIpc) is 2.98. The van der Waals surface area contributed by atoms with E-state index >= 15 is 0 Å². The van der Waals surface area contributed by atoms with Gasteiger partial charge in [-0.25, -0.2) is 0 Å². The van der Waals surface area contributed by atoms with Crippen LogP contribution in [0.5, 0.6) is 0 Å². The number of halogens is 1. The molecule has 1 aliphatic rings. The van der Waals surface area contributed by atoms with Gasteiger partial charge in [0.25, 0.3) is 0 Å². The van der Waals surface area contributed by atoms with Crippen LogP contribution in [0, 0.1) is 6.92 Å². The fourth-order valence-electron chi connectivity index (χ4n) is 2.00. The zero-order valence-electron chi connectivity index (χ0n) is 9.63. The summed E-state index contributed by atoms with van der Waals surface area (Å²) >= 11 is 6.21. The third-order valence-electron chi connectivity index (χ3n) is 3.10. The van der Waals surface area contributed by atoms with Gasteiger partial charge in [-0.15, -0.1) is 0 Å². The molecule has 15 heavy (non-hydrogen) atoms. The van der Waals surface area contributed by atoms with Gasteiger partial charge >= 0.3 is 0 Å². The molecule has 4 heteroatoms. The van der Waals surface area contributed by atoms with Crippen molar-refractivity contribution < 1.29 is 0 Å². The van der Waals surface area contributed by atoms with Gasteiger partial charge in [0.05, 0.1) is 5.69 Å². The Morgan fingerprint density at radius 1 is 1.53 bits per heavy atom. The molecule has 0 saturated heterocycles. The largest absolute Gasteiger partial charge is 0.296 e. The van der Waals surface area contributed by atoms with Gasteiger partial charge in [-0.1, -0.05) is 18.5 Å². The zero-order chi connectivity index (χ0) is 11.0. The molecule has 1 aromatic rings. The van der Waals surface area contributed by atoms with E-state index in [0.717, 1.165) is 30.0 Å². The second kappa shape index (κ2) is 4.14.